The molecule has 0 atom stereocenters. The Kier molecular flexibility index (Phi) is 3.75. The van der Waals surface area contributed by atoms with E-state index < -0.39 is 0 Å². The van der Waals surface area contributed by atoms with Crippen LogP contribution in [0.15, 0.2) is 36.7 Å². The molecule has 1 fully saturated rings. The fourth-order valence-corrected chi connectivity index (χ4v) is 3.05. The lowest BCUT2D eigenvalue weighted by molar-refractivity contribution is 0.0942. The summed E-state index contributed by atoms with van der Waals surface area (Å²) in [4.78, 5) is 21.6. The molecule has 4 rings (SSSR count). The van der Waals surface area contributed by atoms with Crippen LogP contribution >= 0.6 is 0 Å². The minimum absolute atomic E-state index is 0.0614. The van der Waals surface area contributed by atoms with Crippen molar-refractivity contribution in [2.75, 3.05) is 6.54 Å². The lowest BCUT2D eigenvalue weighted by atomic mass is 10.1. The van der Waals surface area contributed by atoms with Crippen molar-refractivity contribution in [2.45, 2.75) is 33.2 Å². The predicted octanol–water partition coefficient (Wildman–Crippen LogP) is 2.65. The smallest absolute Gasteiger partial charge is 0.251 e. The van der Waals surface area contributed by atoms with Crippen LogP contribution in [0.5, 0.6) is 0 Å². The summed E-state index contributed by atoms with van der Waals surface area (Å²) in [6, 6.07) is 7.42. The van der Waals surface area contributed by atoms with Crippen LogP contribution in [0.3, 0.4) is 0 Å². The maximum atomic E-state index is 12.5. The highest BCUT2D eigenvalue weighted by Crippen LogP contribution is 2.46. The van der Waals surface area contributed by atoms with Crippen molar-refractivity contribution in [1.29, 1.82) is 0 Å². The number of amides is 1. The molecular weight excluding hydrogens is 314 g/mol. The molecule has 1 aliphatic carbocycles. The van der Waals surface area contributed by atoms with Crippen LogP contribution in [-0.2, 0) is 6.54 Å². The van der Waals surface area contributed by atoms with Crippen molar-refractivity contribution in [3.8, 4) is 0 Å². The molecular formula is C19H21N5O. The van der Waals surface area contributed by atoms with Gasteiger partial charge in [-0.05, 0) is 51.0 Å². The van der Waals surface area contributed by atoms with Crippen LogP contribution in [0.25, 0.3) is 11.0 Å². The third kappa shape index (κ3) is 3.24. The number of fused-ring (bicyclic) bond motifs is 1. The third-order valence-electron chi connectivity index (χ3n) is 4.98. The SMILES string of the molecule is Cc1nc2ccc(C(=O)NCC3(Cn4cccn4)CC3)cc2nc1C. The van der Waals surface area contributed by atoms with Crippen molar-refractivity contribution < 1.29 is 4.79 Å². The van der Waals surface area contributed by atoms with E-state index in [1.165, 1.54) is 0 Å². The first-order valence-electron chi connectivity index (χ1n) is 8.55. The van der Waals surface area contributed by atoms with E-state index >= 15 is 0 Å². The largest absolute Gasteiger partial charge is 0.351 e. The minimum atomic E-state index is -0.0614. The molecule has 2 aromatic heterocycles. The van der Waals surface area contributed by atoms with E-state index in [2.05, 4.69) is 20.4 Å². The number of aryl methyl sites for hydroxylation is 2. The Hall–Kier alpha value is -2.76. The molecule has 128 valence electrons. The predicted molar refractivity (Wildman–Crippen MR) is 95.2 cm³/mol. The molecule has 0 radical (unpaired) electrons. The average molecular weight is 335 g/mol. The maximum Gasteiger partial charge on any atom is 0.251 e. The van der Waals surface area contributed by atoms with Crippen LogP contribution in [-0.4, -0.2) is 32.2 Å². The Morgan fingerprint density at radius 2 is 1.96 bits per heavy atom. The zero-order valence-corrected chi connectivity index (χ0v) is 14.5. The van der Waals surface area contributed by atoms with Gasteiger partial charge in [0.15, 0.2) is 0 Å². The number of nitrogens with one attached hydrogen (secondary N) is 1. The Labute approximate surface area is 146 Å². The topological polar surface area (TPSA) is 72.7 Å². The molecule has 0 unspecified atom stereocenters. The summed E-state index contributed by atoms with van der Waals surface area (Å²) in [5.41, 5.74) is 4.15. The van der Waals surface area contributed by atoms with Crippen molar-refractivity contribution in [3.05, 3.63) is 53.6 Å². The van der Waals surface area contributed by atoms with Crippen LogP contribution in [0.1, 0.15) is 34.6 Å². The normalized spacial score (nSPS) is 15.3. The highest BCUT2D eigenvalue weighted by Gasteiger charge is 2.43. The lowest BCUT2D eigenvalue weighted by Crippen LogP contribution is -2.32. The number of rotatable bonds is 5. The van der Waals surface area contributed by atoms with E-state index in [9.17, 15) is 4.79 Å². The van der Waals surface area contributed by atoms with Crippen LogP contribution in [0.2, 0.25) is 0 Å². The van der Waals surface area contributed by atoms with Gasteiger partial charge in [0.2, 0.25) is 0 Å². The van der Waals surface area contributed by atoms with Gasteiger partial charge >= 0.3 is 0 Å². The fraction of sp³-hybridized carbons (Fsp3) is 0.368. The number of benzene rings is 1. The molecule has 6 heteroatoms. The molecule has 25 heavy (non-hydrogen) atoms. The summed E-state index contributed by atoms with van der Waals surface area (Å²) >= 11 is 0. The van der Waals surface area contributed by atoms with E-state index in [1.807, 2.05) is 49.0 Å². The van der Waals surface area contributed by atoms with Gasteiger partial charge in [-0.2, -0.15) is 5.10 Å². The third-order valence-corrected chi connectivity index (χ3v) is 4.98. The summed E-state index contributed by atoms with van der Waals surface area (Å²) in [6.07, 6.45) is 5.99. The summed E-state index contributed by atoms with van der Waals surface area (Å²) < 4.78 is 1.94. The summed E-state index contributed by atoms with van der Waals surface area (Å²) in [5.74, 6) is -0.0614. The molecule has 2 heterocycles. The number of nitrogens with zero attached hydrogens (tertiary/aromatic N) is 4. The monoisotopic (exact) mass is 335 g/mol. The number of aromatic nitrogens is 4. The zero-order valence-electron chi connectivity index (χ0n) is 14.5. The Morgan fingerprint density at radius 3 is 2.64 bits per heavy atom. The van der Waals surface area contributed by atoms with Gasteiger partial charge in [-0.3, -0.25) is 9.48 Å². The molecule has 1 aromatic carbocycles. The van der Waals surface area contributed by atoms with Crippen molar-refractivity contribution >= 4 is 16.9 Å². The van der Waals surface area contributed by atoms with Gasteiger partial charge in [-0.1, -0.05) is 0 Å². The van der Waals surface area contributed by atoms with E-state index in [-0.39, 0.29) is 11.3 Å². The van der Waals surface area contributed by atoms with Gasteiger partial charge in [0.25, 0.3) is 5.91 Å². The van der Waals surface area contributed by atoms with Gasteiger partial charge in [0.1, 0.15) is 0 Å². The van der Waals surface area contributed by atoms with Crippen LogP contribution in [0.4, 0.5) is 0 Å². The second-order valence-electron chi connectivity index (χ2n) is 6.98. The van der Waals surface area contributed by atoms with E-state index in [0.29, 0.717) is 12.1 Å². The Balaban J connectivity index is 1.46. The summed E-state index contributed by atoms with van der Waals surface area (Å²) in [7, 11) is 0. The number of carbonyl (C=O) groups excluding carboxylic acids is 1. The lowest BCUT2D eigenvalue weighted by Gasteiger charge is -2.16. The zero-order chi connectivity index (χ0) is 17.4. The highest BCUT2D eigenvalue weighted by atomic mass is 16.1. The Bertz CT molecular complexity index is 928. The average Bonchev–Trinajstić information content (AvgIpc) is 3.17. The second kappa shape index (κ2) is 5.95. The molecule has 0 aliphatic heterocycles. The molecule has 0 saturated heterocycles. The van der Waals surface area contributed by atoms with Crippen molar-refractivity contribution in [2.24, 2.45) is 5.41 Å². The summed E-state index contributed by atoms with van der Waals surface area (Å²) in [5, 5.41) is 7.34. The summed E-state index contributed by atoms with van der Waals surface area (Å²) in [6.45, 7) is 5.39. The van der Waals surface area contributed by atoms with E-state index in [4.69, 9.17) is 0 Å². The highest BCUT2D eigenvalue weighted by molar-refractivity contribution is 5.97. The number of hydrogen-bond donors (Lipinski definition) is 1. The van der Waals surface area contributed by atoms with Crippen molar-refractivity contribution in [1.82, 2.24) is 25.1 Å². The van der Waals surface area contributed by atoms with E-state index in [1.54, 1.807) is 6.20 Å². The Morgan fingerprint density at radius 1 is 1.20 bits per heavy atom. The maximum absolute atomic E-state index is 12.5. The minimum Gasteiger partial charge on any atom is -0.351 e. The second-order valence-corrected chi connectivity index (χ2v) is 6.98. The first-order chi connectivity index (χ1) is 12.0. The molecule has 1 aliphatic rings. The number of carbonyl (C=O) groups is 1. The molecule has 1 N–H and O–H groups in total. The first-order valence-corrected chi connectivity index (χ1v) is 8.55. The van der Waals surface area contributed by atoms with Crippen LogP contribution < -0.4 is 5.32 Å². The fourth-order valence-electron chi connectivity index (χ4n) is 3.05. The quantitative estimate of drug-likeness (QED) is 0.778. The molecule has 0 spiro atoms. The molecule has 0 bridgehead atoms. The van der Waals surface area contributed by atoms with Crippen molar-refractivity contribution in [3.63, 3.8) is 0 Å². The van der Waals surface area contributed by atoms with Gasteiger partial charge in [-0.25, -0.2) is 9.97 Å². The first kappa shape index (κ1) is 15.7. The molecule has 1 saturated carbocycles. The van der Waals surface area contributed by atoms with Gasteiger partial charge in [0, 0.05) is 36.5 Å². The van der Waals surface area contributed by atoms with Crippen LogP contribution in [0, 0.1) is 19.3 Å². The van der Waals surface area contributed by atoms with Gasteiger partial charge in [-0.15, -0.1) is 0 Å². The molecule has 6 nitrogen and oxygen atoms in total. The van der Waals surface area contributed by atoms with Gasteiger partial charge in [0.05, 0.1) is 22.4 Å². The van der Waals surface area contributed by atoms with E-state index in [0.717, 1.165) is 41.8 Å². The molecule has 3 aromatic rings. The van der Waals surface area contributed by atoms with Gasteiger partial charge < -0.3 is 5.32 Å². The standard InChI is InChI=1S/C19H21N5O/c1-13-14(2)23-17-10-15(4-5-16(17)22-13)18(25)20-11-19(6-7-19)12-24-9-3-8-21-24/h3-5,8-10H,6-7,11-12H2,1-2H3,(H,20,25). The number of hydrogen-bond acceptors (Lipinski definition) is 4. The molecule has 1 amide bonds.